The lowest BCUT2D eigenvalue weighted by Crippen LogP contribution is -2.38. The van der Waals surface area contributed by atoms with E-state index in [-0.39, 0.29) is 12.3 Å². The van der Waals surface area contributed by atoms with Gasteiger partial charge in [0, 0.05) is 16.2 Å². The van der Waals surface area contributed by atoms with Gasteiger partial charge in [-0.1, -0.05) is 18.2 Å². The summed E-state index contributed by atoms with van der Waals surface area (Å²) in [6.07, 6.45) is -4.72. The molecule has 6 nitrogen and oxygen atoms in total. The number of benzene rings is 2. The van der Waals surface area contributed by atoms with E-state index in [1.165, 1.54) is 6.07 Å². The number of hydrogen-bond acceptors (Lipinski definition) is 6. The average molecular weight is 375 g/mol. The maximum Gasteiger partial charge on any atom is 0.562 e. The summed E-state index contributed by atoms with van der Waals surface area (Å²) in [7, 11) is -2.04. The van der Waals surface area contributed by atoms with Crippen LogP contribution in [0.15, 0.2) is 36.4 Å². The Morgan fingerprint density at radius 3 is 2.44 bits per heavy atom. The molecule has 0 saturated heterocycles. The lowest BCUT2D eigenvalue weighted by atomic mass is 9.75. The summed E-state index contributed by atoms with van der Waals surface area (Å²) < 4.78 is 43.9. The minimum absolute atomic E-state index is 0.113. The van der Waals surface area contributed by atoms with Crippen molar-refractivity contribution in [3.8, 4) is 11.1 Å². The average Bonchev–Trinajstić information content (AvgIpc) is 2.63. The van der Waals surface area contributed by atoms with Crippen LogP contribution >= 0.6 is 0 Å². The van der Waals surface area contributed by atoms with E-state index in [9.17, 15) is 23.0 Å². The third kappa shape index (κ3) is 3.56. The standard InChI is InChI=1S/C17H13BF3N3O3/c1-9-13-6-10(2-4-12(13)16(22)24-23-9)11-3-5-14(17(19,20)21)15(7-11)18(26)27-8-25/h2-8,26H,1H3,(H2,22,24). The number of nitrogen functional groups attached to an aromatic ring is 1. The molecule has 0 unspecified atom stereocenters. The molecule has 3 rings (SSSR count). The van der Waals surface area contributed by atoms with Crippen molar-refractivity contribution in [2.75, 3.05) is 5.73 Å². The molecule has 3 N–H and O–H groups in total. The SMILES string of the molecule is Cc1nnc(N)c2ccc(-c3ccc(C(F)(F)F)c(B(O)OC=O)c3)cc12. The van der Waals surface area contributed by atoms with Crippen molar-refractivity contribution < 1.29 is 27.6 Å². The molecule has 3 aromatic rings. The van der Waals surface area contributed by atoms with Gasteiger partial charge >= 0.3 is 13.3 Å². The van der Waals surface area contributed by atoms with Gasteiger partial charge in [0.25, 0.3) is 6.47 Å². The maximum atomic E-state index is 13.2. The Morgan fingerprint density at radius 1 is 1.11 bits per heavy atom. The Bertz CT molecular complexity index is 1030. The molecule has 0 amide bonds. The van der Waals surface area contributed by atoms with Crippen molar-refractivity contribution >= 4 is 35.6 Å². The highest BCUT2D eigenvalue weighted by Crippen LogP contribution is 2.32. The number of carbonyl (C=O) groups excluding carboxylic acids is 1. The third-order valence-corrected chi connectivity index (χ3v) is 4.13. The fourth-order valence-corrected chi connectivity index (χ4v) is 2.81. The number of nitrogens with zero attached hydrogens (tertiary/aromatic N) is 2. The highest BCUT2D eigenvalue weighted by molar-refractivity contribution is 6.61. The molecule has 2 aromatic carbocycles. The van der Waals surface area contributed by atoms with Gasteiger partial charge in [-0.25, -0.2) is 0 Å². The van der Waals surface area contributed by atoms with E-state index >= 15 is 0 Å². The molecule has 138 valence electrons. The minimum atomic E-state index is -4.72. The Kier molecular flexibility index (Phi) is 4.75. The third-order valence-electron chi connectivity index (χ3n) is 4.13. The van der Waals surface area contributed by atoms with Gasteiger partial charge in [-0.2, -0.15) is 18.3 Å². The van der Waals surface area contributed by atoms with Crippen molar-refractivity contribution in [2.24, 2.45) is 0 Å². The number of alkyl halides is 3. The predicted molar refractivity (Wildman–Crippen MR) is 93.9 cm³/mol. The summed E-state index contributed by atoms with van der Waals surface area (Å²) >= 11 is 0. The monoisotopic (exact) mass is 375 g/mol. The van der Waals surface area contributed by atoms with Crippen LogP contribution in [0, 0.1) is 6.92 Å². The normalized spacial score (nSPS) is 11.4. The van der Waals surface area contributed by atoms with Crippen molar-refractivity contribution in [1.29, 1.82) is 0 Å². The highest BCUT2D eigenvalue weighted by atomic mass is 19.4. The van der Waals surface area contributed by atoms with E-state index in [0.717, 1.165) is 12.1 Å². The Labute approximate surface area is 151 Å². The van der Waals surface area contributed by atoms with E-state index in [1.807, 2.05) is 0 Å². The predicted octanol–water partition coefficient (Wildman–Crippen LogP) is 2.07. The van der Waals surface area contributed by atoms with Crippen LogP contribution < -0.4 is 11.2 Å². The van der Waals surface area contributed by atoms with Gasteiger partial charge < -0.3 is 15.4 Å². The summed E-state index contributed by atoms with van der Waals surface area (Å²) in [6.45, 7) is 1.62. The van der Waals surface area contributed by atoms with Gasteiger partial charge in [0.15, 0.2) is 5.82 Å². The molecular weight excluding hydrogens is 362 g/mol. The molecule has 0 aliphatic heterocycles. The highest BCUT2D eigenvalue weighted by Gasteiger charge is 2.37. The van der Waals surface area contributed by atoms with Gasteiger partial charge in [-0.15, -0.1) is 5.10 Å². The summed E-state index contributed by atoms with van der Waals surface area (Å²) in [5.74, 6) is 0.241. The largest absolute Gasteiger partial charge is 0.562 e. The molecule has 0 aliphatic carbocycles. The molecule has 0 atom stereocenters. The number of fused-ring (bicyclic) bond motifs is 1. The molecule has 0 bridgehead atoms. The number of anilines is 1. The van der Waals surface area contributed by atoms with Crippen LogP contribution in [-0.2, 0) is 15.6 Å². The molecule has 0 saturated carbocycles. The van der Waals surface area contributed by atoms with Crippen LogP contribution in [0.4, 0.5) is 19.0 Å². The summed E-state index contributed by atoms with van der Waals surface area (Å²) in [5.41, 5.74) is 5.72. The second-order valence-electron chi connectivity index (χ2n) is 5.82. The van der Waals surface area contributed by atoms with Crippen LogP contribution in [0.1, 0.15) is 11.3 Å². The van der Waals surface area contributed by atoms with E-state index in [2.05, 4.69) is 14.9 Å². The van der Waals surface area contributed by atoms with Gasteiger partial charge in [-0.05, 0) is 36.2 Å². The number of hydrogen-bond donors (Lipinski definition) is 2. The minimum Gasteiger partial charge on any atom is -0.508 e. The van der Waals surface area contributed by atoms with Gasteiger partial charge in [-0.3, -0.25) is 4.79 Å². The molecule has 27 heavy (non-hydrogen) atoms. The second kappa shape index (κ2) is 6.88. The van der Waals surface area contributed by atoms with Gasteiger partial charge in [0.1, 0.15) is 0 Å². The number of aromatic nitrogens is 2. The van der Waals surface area contributed by atoms with E-state index in [0.29, 0.717) is 27.6 Å². The number of nitrogens with two attached hydrogens (primary N) is 1. The van der Waals surface area contributed by atoms with Crippen molar-refractivity contribution in [1.82, 2.24) is 10.2 Å². The molecule has 0 spiro atoms. The van der Waals surface area contributed by atoms with Crippen LogP contribution in [-0.4, -0.2) is 28.8 Å². The number of carbonyl (C=O) groups is 1. The molecule has 1 aromatic heterocycles. The fraction of sp³-hybridized carbons (Fsp3) is 0.118. The van der Waals surface area contributed by atoms with Crippen LogP contribution in [0.2, 0.25) is 0 Å². The zero-order chi connectivity index (χ0) is 19.8. The Balaban J connectivity index is 2.17. The topological polar surface area (TPSA) is 98.3 Å². The molecule has 10 heteroatoms. The molecular formula is C17H13BF3N3O3. The maximum absolute atomic E-state index is 13.2. The van der Waals surface area contributed by atoms with E-state index in [4.69, 9.17) is 5.73 Å². The van der Waals surface area contributed by atoms with E-state index < -0.39 is 24.3 Å². The van der Waals surface area contributed by atoms with Gasteiger partial charge in [0.2, 0.25) is 0 Å². The molecule has 0 fully saturated rings. The first-order valence-corrected chi connectivity index (χ1v) is 7.73. The van der Waals surface area contributed by atoms with Crippen LogP contribution in [0.3, 0.4) is 0 Å². The quantitative estimate of drug-likeness (QED) is 0.535. The van der Waals surface area contributed by atoms with Crippen molar-refractivity contribution in [2.45, 2.75) is 13.1 Å². The second-order valence-corrected chi connectivity index (χ2v) is 5.82. The molecule has 1 heterocycles. The smallest absolute Gasteiger partial charge is 0.508 e. The van der Waals surface area contributed by atoms with Crippen LogP contribution in [0.25, 0.3) is 21.9 Å². The summed E-state index contributed by atoms with van der Waals surface area (Å²) in [5, 5.41) is 18.9. The van der Waals surface area contributed by atoms with E-state index in [1.54, 1.807) is 25.1 Å². The number of halogens is 3. The first-order chi connectivity index (χ1) is 12.7. The number of aryl methyl sites for hydroxylation is 1. The summed E-state index contributed by atoms with van der Waals surface area (Å²) in [6, 6.07) is 8.31. The Morgan fingerprint density at radius 2 is 1.78 bits per heavy atom. The van der Waals surface area contributed by atoms with Crippen molar-refractivity contribution in [3.63, 3.8) is 0 Å². The lowest BCUT2D eigenvalue weighted by Gasteiger charge is -2.15. The Hall–Kier alpha value is -3.14. The van der Waals surface area contributed by atoms with Crippen molar-refractivity contribution in [3.05, 3.63) is 47.7 Å². The zero-order valence-corrected chi connectivity index (χ0v) is 14.0. The lowest BCUT2D eigenvalue weighted by molar-refractivity contribution is -0.137. The zero-order valence-electron chi connectivity index (χ0n) is 14.0. The van der Waals surface area contributed by atoms with Gasteiger partial charge in [0.05, 0.1) is 11.3 Å². The molecule has 0 radical (unpaired) electrons. The summed E-state index contributed by atoms with van der Waals surface area (Å²) in [4.78, 5) is 10.4. The first-order valence-electron chi connectivity index (χ1n) is 7.73. The van der Waals surface area contributed by atoms with Crippen LogP contribution in [0.5, 0.6) is 0 Å². The number of rotatable bonds is 4. The first kappa shape index (κ1) is 18.6. The molecule has 0 aliphatic rings. The fourth-order valence-electron chi connectivity index (χ4n) is 2.81.